The average Bonchev–Trinajstić information content (AvgIpc) is 3.33. The first-order valence-corrected chi connectivity index (χ1v) is 9.27. The number of carbonyl (C=O) groups excluding carboxylic acids is 1. The van der Waals surface area contributed by atoms with Gasteiger partial charge in [-0.1, -0.05) is 6.07 Å². The molecule has 7 heteroatoms. The summed E-state index contributed by atoms with van der Waals surface area (Å²) >= 11 is 2.88. The van der Waals surface area contributed by atoms with Crippen LogP contribution in [0.4, 0.5) is 4.39 Å². The van der Waals surface area contributed by atoms with Crippen molar-refractivity contribution in [3.05, 3.63) is 74.4 Å². The molecule has 0 radical (unpaired) electrons. The molecule has 130 valence electrons. The van der Waals surface area contributed by atoms with E-state index < -0.39 is 17.3 Å². The number of rotatable bonds is 6. The van der Waals surface area contributed by atoms with E-state index >= 15 is 0 Å². The van der Waals surface area contributed by atoms with Gasteiger partial charge in [-0.05, 0) is 46.5 Å². The van der Waals surface area contributed by atoms with Gasteiger partial charge in [-0.3, -0.25) is 4.79 Å². The normalized spacial score (nSPS) is 13.2. The highest BCUT2D eigenvalue weighted by molar-refractivity contribution is 7.10. The zero-order valence-electron chi connectivity index (χ0n) is 13.4. The third-order valence-corrected chi connectivity index (χ3v) is 5.55. The van der Waals surface area contributed by atoms with E-state index in [1.54, 1.807) is 0 Å². The summed E-state index contributed by atoms with van der Waals surface area (Å²) in [6, 6.07) is 9.48. The minimum absolute atomic E-state index is 0.0171. The quantitative estimate of drug-likeness (QED) is 0.690. The smallest absolute Gasteiger partial charge is 0.251 e. The minimum Gasteiger partial charge on any atom is -0.494 e. The summed E-state index contributed by atoms with van der Waals surface area (Å²) < 4.78 is 18.6. The van der Waals surface area contributed by atoms with Crippen LogP contribution < -0.4 is 10.1 Å². The Morgan fingerprint density at radius 3 is 2.76 bits per heavy atom. The van der Waals surface area contributed by atoms with Gasteiger partial charge in [0.15, 0.2) is 11.6 Å². The van der Waals surface area contributed by atoms with Crippen LogP contribution in [0.3, 0.4) is 0 Å². The molecule has 1 aromatic carbocycles. The lowest BCUT2D eigenvalue weighted by molar-refractivity contribution is 0.0720. The third-order valence-electron chi connectivity index (χ3n) is 3.85. The summed E-state index contributed by atoms with van der Waals surface area (Å²) in [4.78, 5) is 13.1. The van der Waals surface area contributed by atoms with Crippen LogP contribution in [-0.4, -0.2) is 24.7 Å². The standard InChI is InChI=1S/C18H16FNO3S2/c1-23-15-5-4-12(9-14(15)19)17(21)20-11-18(22,13-6-8-24-10-13)16-3-2-7-25-16/h2-10,22H,11H2,1H3,(H,20,21)/t18-/m0/s1. The fraction of sp³-hybridized carbons (Fsp3) is 0.167. The van der Waals surface area contributed by atoms with Gasteiger partial charge in [-0.15, -0.1) is 11.3 Å². The lowest BCUT2D eigenvalue weighted by Crippen LogP contribution is -2.41. The van der Waals surface area contributed by atoms with E-state index in [1.165, 1.54) is 41.9 Å². The van der Waals surface area contributed by atoms with E-state index in [2.05, 4.69) is 5.32 Å². The number of ether oxygens (including phenoxy) is 1. The number of hydrogen-bond donors (Lipinski definition) is 2. The number of thiophene rings is 2. The predicted molar refractivity (Wildman–Crippen MR) is 96.9 cm³/mol. The first-order valence-electron chi connectivity index (χ1n) is 7.45. The van der Waals surface area contributed by atoms with Gasteiger partial charge in [0.05, 0.1) is 13.7 Å². The Kier molecular flexibility index (Phi) is 5.17. The number of aliphatic hydroxyl groups is 1. The van der Waals surface area contributed by atoms with Gasteiger partial charge in [0.25, 0.3) is 5.91 Å². The molecule has 0 unspecified atom stereocenters. The summed E-state index contributed by atoms with van der Waals surface area (Å²) in [6.45, 7) is -0.0171. The van der Waals surface area contributed by atoms with E-state index in [0.29, 0.717) is 5.56 Å². The van der Waals surface area contributed by atoms with E-state index in [0.717, 1.165) is 10.9 Å². The third kappa shape index (κ3) is 3.58. The highest BCUT2D eigenvalue weighted by Crippen LogP contribution is 2.33. The van der Waals surface area contributed by atoms with Crippen molar-refractivity contribution in [2.45, 2.75) is 5.60 Å². The lowest BCUT2D eigenvalue weighted by atomic mass is 9.94. The molecule has 2 heterocycles. The molecule has 0 bridgehead atoms. The van der Waals surface area contributed by atoms with E-state index in [1.807, 2.05) is 34.3 Å². The molecule has 1 amide bonds. The molecule has 2 N–H and O–H groups in total. The summed E-state index contributed by atoms with van der Waals surface area (Å²) in [5, 5.41) is 19.5. The molecule has 3 rings (SSSR count). The van der Waals surface area contributed by atoms with Crippen molar-refractivity contribution in [1.82, 2.24) is 5.32 Å². The molecule has 0 aliphatic carbocycles. The van der Waals surface area contributed by atoms with Gasteiger partial charge in [-0.25, -0.2) is 4.39 Å². The van der Waals surface area contributed by atoms with Crippen molar-refractivity contribution in [3.8, 4) is 5.75 Å². The maximum Gasteiger partial charge on any atom is 0.251 e. The number of nitrogens with one attached hydrogen (secondary N) is 1. The number of methoxy groups -OCH3 is 1. The maximum atomic E-state index is 13.8. The van der Waals surface area contributed by atoms with Crippen molar-refractivity contribution < 1.29 is 19.0 Å². The lowest BCUT2D eigenvalue weighted by Gasteiger charge is -2.27. The average molecular weight is 377 g/mol. The fourth-order valence-electron chi connectivity index (χ4n) is 2.46. The number of carbonyl (C=O) groups is 1. The molecule has 2 aromatic heterocycles. The van der Waals surface area contributed by atoms with Crippen molar-refractivity contribution in [2.24, 2.45) is 0 Å². The molecule has 25 heavy (non-hydrogen) atoms. The van der Waals surface area contributed by atoms with Crippen molar-refractivity contribution in [3.63, 3.8) is 0 Å². The van der Waals surface area contributed by atoms with Gasteiger partial charge in [0, 0.05) is 16.0 Å². The highest BCUT2D eigenvalue weighted by atomic mass is 32.1. The molecule has 0 fully saturated rings. The summed E-state index contributed by atoms with van der Waals surface area (Å²) in [7, 11) is 1.36. The summed E-state index contributed by atoms with van der Waals surface area (Å²) in [5.74, 6) is -1.00. The Balaban J connectivity index is 1.80. The molecule has 3 aromatic rings. The number of hydrogen-bond acceptors (Lipinski definition) is 5. The van der Waals surface area contributed by atoms with Crippen LogP contribution >= 0.6 is 22.7 Å². The Morgan fingerprint density at radius 1 is 1.32 bits per heavy atom. The predicted octanol–water partition coefficient (Wildman–Crippen LogP) is 3.62. The first kappa shape index (κ1) is 17.6. The number of amides is 1. The van der Waals surface area contributed by atoms with Crippen LogP contribution in [0, 0.1) is 5.82 Å². The second-order valence-corrected chi connectivity index (χ2v) is 7.11. The largest absolute Gasteiger partial charge is 0.494 e. The fourth-order valence-corrected chi connectivity index (χ4v) is 4.03. The van der Waals surface area contributed by atoms with Crippen molar-refractivity contribution in [2.75, 3.05) is 13.7 Å². The second kappa shape index (κ2) is 7.35. The van der Waals surface area contributed by atoms with Gasteiger partial charge in [-0.2, -0.15) is 11.3 Å². The van der Waals surface area contributed by atoms with E-state index in [4.69, 9.17) is 4.74 Å². The zero-order valence-corrected chi connectivity index (χ0v) is 15.0. The Hall–Kier alpha value is -2.22. The molecular formula is C18H16FNO3S2. The van der Waals surface area contributed by atoms with E-state index in [-0.39, 0.29) is 17.9 Å². The SMILES string of the molecule is COc1ccc(C(=O)NC[C@](O)(c2ccsc2)c2cccs2)cc1F. The van der Waals surface area contributed by atoms with Gasteiger partial charge < -0.3 is 15.2 Å². The second-order valence-electron chi connectivity index (χ2n) is 5.38. The van der Waals surface area contributed by atoms with Crippen LogP contribution in [0.1, 0.15) is 20.8 Å². The maximum absolute atomic E-state index is 13.8. The van der Waals surface area contributed by atoms with E-state index in [9.17, 15) is 14.3 Å². The molecule has 4 nitrogen and oxygen atoms in total. The summed E-state index contributed by atoms with van der Waals surface area (Å²) in [6.07, 6.45) is 0. The van der Waals surface area contributed by atoms with Crippen LogP contribution in [0.5, 0.6) is 5.75 Å². The highest BCUT2D eigenvalue weighted by Gasteiger charge is 2.33. The zero-order chi connectivity index (χ0) is 17.9. The number of halogens is 1. The minimum atomic E-state index is -1.32. The Bertz CT molecular complexity index is 813. The van der Waals surface area contributed by atoms with Crippen LogP contribution in [0.2, 0.25) is 0 Å². The molecule has 0 saturated heterocycles. The molecular weight excluding hydrogens is 361 g/mol. The topological polar surface area (TPSA) is 58.6 Å². The first-order chi connectivity index (χ1) is 12.0. The van der Waals surface area contributed by atoms with Crippen molar-refractivity contribution >= 4 is 28.6 Å². The van der Waals surface area contributed by atoms with Gasteiger partial charge >= 0.3 is 0 Å². The molecule has 0 aliphatic heterocycles. The molecule has 1 atom stereocenters. The molecule has 0 saturated carbocycles. The Morgan fingerprint density at radius 2 is 2.16 bits per heavy atom. The van der Waals surface area contributed by atoms with Crippen molar-refractivity contribution in [1.29, 1.82) is 0 Å². The number of benzene rings is 1. The van der Waals surface area contributed by atoms with Crippen LogP contribution in [0.25, 0.3) is 0 Å². The Labute approximate surface area is 152 Å². The van der Waals surface area contributed by atoms with Gasteiger partial charge in [0.1, 0.15) is 5.60 Å². The monoisotopic (exact) mass is 377 g/mol. The summed E-state index contributed by atoms with van der Waals surface area (Å²) in [5.41, 5.74) is -0.451. The van der Waals surface area contributed by atoms with Crippen LogP contribution in [-0.2, 0) is 5.60 Å². The molecule has 0 aliphatic rings. The van der Waals surface area contributed by atoms with Crippen LogP contribution in [0.15, 0.2) is 52.5 Å². The molecule has 0 spiro atoms. The van der Waals surface area contributed by atoms with Gasteiger partial charge in [0.2, 0.25) is 0 Å².